The largest absolute Gasteiger partial charge is 0.464 e. The molecule has 1 aromatic heterocycles. The van der Waals surface area contributed by atoms with E-state index >= 15 is 0 Å². The number of hydrogen-bond acceptors (Lipinski definition) is 4. The summed E-state index contributed by atoms with van der Waals surface area (Å²) in [6, 6.07) is 7.11. The average Bonchev–Trinajstić information content (AvgIpc) is 2.52. The number of aromatic nitrogens is 1. The quantitative estimate of drug-likeness (QED) is 0.403. The van der Waals surface area contributed by atoms with Crippen LogP contribution in [0.25, 0.3) is 11.3 Å². The highest BCUT2D eigenvalue weighted by atomic mass is 35.5. The van der Waals surface area contributed by atoms with Gasteiger partial charge >= 0.3 is 5.97 Å². The molecule has 0 aliphatic rings. The van der Waals surface area contributed by atoms with Crippen LogP contribution >= 0.6 is 11.6 Å². The number of halogens is 2. The molecule has 0 aliphatic heterocycles. The van der Waals surface area contributed by atoms with E-state index in [0.29, 0.717) is 5.56 Å². The zero-order valence-electron chi connectivity index (χ0n) is 12.1. The summed E-state index contributed by atoms with van der Waals surface area (Å²) in [5, 5.41) is -0.250. The van der Waals surface area contributed by atoms with E-state index in [9.17, 15) is 9.18 Å². The van der Waals surface area contributed by atoms with Crippen LogP contribution in [0.5, 0.6) is 0 Å². The minimum absolute atomic E-state index is 0.0432. The summed E-state index contributed by atoms with van der Waals surface area (Å²) >= 11 is 5.86. The third-order valence-electron chi connectivity index (χ3n) is 3.07. The van der Waals surface area contributed by atoms with E-state index in [1.165, 1.54) is 7.11 Å². The lowest BCUT2D eigenvalue weighted by Crippen LogP contribution is -2.10. The topological polar surface area (TPSA) is 65.2 Å². The van der Waals surface area contributed by atoms with Crippen molar-refractivity contribution in [2.75, 3.05) is 19.1 Å². The minimum atomic E-state index is -0.774. The molecule has 1 heterocycles. The first-order valence-electron chi connectivity index (χ1n) is 6.24. The number of nitrogens with zero attached hydrogens (tertiary/aromatic N) is 1. The van der Waals surface area contributed by atoms with Gasteiger partial charge in [0, 0.05) is 11.4 Å². The summed E-state index contributed by atoms with van der Waals surface area (Å²) in [5.74, 6) is 2.44. The predicted molar refractivity (Wildman–Crippen MR) is 90.5 cm³/mol. The first-order chi connectivity index (χ1) is 10.4. The van der Waals surface area contributed by atoms with Gasteiger partial charge in [0.2, 0.25) is 0 Å². The molecule has 1 atom stereocenters. The van der Waals surface area contributed by atoms with Gasteiger partial charge in [-0.3, -0.25) is 0 Å². The zero-order valence-corrected chi connectivity index (χ0v) is 13.7. The number of rotatable bonds is 3. The molecule has 0 saturated heterocycles. The Kier molecular flexibility index (Phi) is 4.83. The zero-order chi connectivity index (χ0) is 16.4. The number of methoxy groups -OCH3 is 1. The SMILES string of the molecule is C=[SH+](C)c1ccc(-c2nc(C(=O)OC)c(Cl)c(N)c2F)cc1. The third-order valence-corrected chi connectivity index (χ3v) is 4.63. The lowest BCUT2D eigenvalue weighted by molar-refractivity contribution is 0.0594. The van der Waals surface area contributed by atoms with Crippen LogP contribution in [0.2, 0.25) is 5.02 Å². The Balaban J connectivity index is 2.62. The van der Waals surface area contributed by atoms with Gasteiger partial charge in [0.1, 0.15) is 10.6 Å². The first-order valence-corrected chi connectivity index (χ1v) is 8.59. The van der Waals surface area contributed by atoms with Crippen LogP contribution in [-0.2, 0) is 15.2 Å². The van der Waals surface area contributed by atoms with Gasteiger partial charge in [-0.1, -0.05) is 11.6 Å². The Morgan fingerprint density at radius 1 is 1.41 bits per heavy atom. The number of nitrogen functional groups attached to an aromatic ring is 1. The highest BCUT2D eigenvalue weighted by Gasteiger charge is 2.22. The Hall–Kier alpha value is -1.92. The monoisotopic (exact) mass is 341 g/mol. The van der Waals surface area contributed by atoms with E-state index in [4.69, 9.17) is 17.3 Å². The maximum atomic E-state index is 14.3. The van der Waals surface area contributed by atoms with Crippen molar-refractivity contribution in [2.45, 2.75) is 4.90 Å². The van der Waals surface area contributed by atoms with Crippen molar-refractivity contribution < 1.29 is 13.9 Å². The molecule has 0 amide bonds. The number of nitrogens with two attached hydrogens (primary N) is 1. The minimum Gasteiger partial charge on any atom is -0.464 e. The van der Waals surface area contributed by atoms with E-state index < -0.39 is 22.3 Å². The van der Waals surface area contributed by atoms with Gasteiger partial charge < -0.3 is 10.5 Å². The highest BCUT2D eigenvalue weighted by molar-refractivity contribution is 7.93. The highest BCUT2D eigenvalue weighted by Crippen LogP contribution is 2.32. The summed E-state index contributed by atoms with van der Waals surface area (Å²) in [7, 11) is 0.688. The van der Waals surface area contributed by atoms with E-state index in [2.05, 4.69) is 15.6 Å². The molecule has 22 heavy (non-hydrogen) atoms. The molecule has 1 unspecified atom stereocenters. The Morgan fingerprint density at radius 3 is 2.50 bits per heavy atom. The number of anilines is 1. The molecule has 1 aromatic carbocycles. The Bertz CT molecular complexity index is 763. The molecule has 0 radical (unpaired) electrons. The molecule has 0 saturated carbocycles. The average molecular weight is 342 g/mol. The van der Waals surface area contributed by atoms with Gasteiger partial charge in [-0.15, -0.1) is 10.5 Å². The van der Waals surface area contributed by atoms with Crippen molar-refractivity contribution in [3.8, 4) is 11.3 Å². The number of pyridine rings is 1. The lowest BCUT2D eigenvalue weighted by atomic mass is 10.1. The van der Waals surface area contributed by atoms with Gasteiger partial charge in [0.05, 0.1) is 24.1 Å². The summed E-state index contributed by atoms with van der Waals surface area (Å²) in [6.45, 7) is 0. The molecule has 0 bridgehead atoms. The van der Waals surface area contributed by atoms with Crippen molar-refractivity contribution in [1.82, 2.24) is 4.98 Å². The van der Waals surface area contributed by atoms with Gasteiger partial charge in [-0.2, -0.15) is 0 Å². The van der Waals surface area contributed by atoms with Crippen molar-refractivity contribution in [3.05, 3.63) is 40.8 Å². The number of benzene rings is 1. The fourth-order valence-corrected chi connectivity index (χ4v) is 2.72. The number of ether oxygens (including phenoxy) is 1. The Labute approximate surface area is 135 Å². The van der Waals surface area contributed by atoms with Crippen LogP contribution < -0.4 is 5.73 Å². The lowest BCUT2D eigenvalue weighted by Gasteiger charge is -2.10. The fraction of sp³-hybridized carbons (Fsp3) is 0.133. The maximum Gasteiger partial charge on any atom is 0.358 e. The van der Waals surface area contributed by atoms with Gasteiger partial charge in [-0.05, 0) is 24.3 Å². The van der Waals surface area contributed by atoms with Crippen LogP contribution in [0, 0.1) is 5.82 Å². The van der Waals surface area contributed by atoms with Crippen molar-refractivity contribution in [2.24, 2.45) is 0 Å². The molecular formula is C15H15ClFN2O2S+. The number of thiol groups is 1. The molecule has 0 fully saturated rings. The number of esters is 1. The summed E-state index contributed by atoms with van der Waals surface area (Å²) < 4.78 is 18.9. The van der Waals surface area contributed by atoms with Gasteiger partial charge in [0.15, 0.2) is 11.5 Å². The second-order valence-corrected chi connectivity index (χ2v) is 6.88. The summed E-state index contributed by atoms with van der Waals surface area (Å²) in [4.78, 5) is 16.7. The van der Waals surface area contributed by atoms with Crippen LogP contribution in [0.4, 0.5) is 10.1 Å². The van der Waals surface area contributed by atoms with Crippen LogP contribution in [0.15, 0.2) is 29.2 Å². The molecule has 0 aliphatic carbocycles. The molecular weight excluding hydrogens is 327 g/mol. The molecule has 2 N–H and O–H groups in total. The van der Waals surface area contributed by atoms with Gasteiger partial charge in [0.25, 0.3) is 0 Å². The first kappa shape index (κ1) is 16.5. The molecule has 0 spiro atoms. The summed E-state index contributed by atoms with van der Waals surface area (Å²) in [5.41, 5.74) is 5.54. The number of hydrogen-bond donors (Lipinski definition) is 1. The standard InChI is InChI=1S/C15H14ClFN2O2S/c1-21-15(20)14-10(16)12(18)11(17)13(19-14)8-4-6-9(7-5-8)22(2)3/h4-7H,2H2,1,3H3,(H2,18,19)/p+1. The maximum absolute atomic E-state index is 14.3. The second kappa shape index (κ2) is 6.46. The second-order valence-electron chi connectivity index (χ2n) is 4.59. The van der Waals surface area contributed by atoms with E-state index in [1.54, 1.807) is 12.1 Å². The van der Waals surface area contributed by atoms with E-state index in [-0.39, 0.29) is 22.1 Å². The predicted octanol–water partition coefficient (Wildman–Crippen LogP) is 2.68. The molecule has 2 aromatic rings. The third kappa shape index (κ3) is 2.98. The van der Waals surface area contributed by atoms with Crippen LogP contribution in [0.3, 0.4) is 0 Å². The number of carbonyl (C=O) groups excluding carboxylic acids is 1. The van der Waals surface area contributed by atoms with Crippen LogP contribution in [0.1, 0.15) is 10.5 Å². The molecule has 7 heteroatoms. The normalized spacial score (nSPS) is 12.0. The Morgan fingerprint density at radius 2 is 2.00 bits per heavy atom. The summed E-state index contributed by atoms with van der Waals surface area (Å²) in [6.07, 6.45) is 2.01. The fourth-order valence-electron chi connectivity index (χ4n) is 1.86. The van der Waals surface area contributed by atoms with E-state index in [0.717, 1.165) is 4.90 Å². The number of carbonyl (C=O) groups is 1. The smallest absolute Gasteiger partial charge is 0.358 e. The molecule has 2 rings (SSSR count). The van der Waals surface area contributed by atoms with Crippen LogP contribution in [-0.4, -0.2) is 30.2 Å². The molecule has 116 valence electrons. The van der Waals surface area contributed by atoms with Crippen molar-refractivity contribution in [1.29, 1.82) is 0 Å². The molecule has 4 nitrogen and oxygen atoms in total. The van der Waals surface area contributed by atoms with E-state index in [1.807, 2.05) is 18.4 Å². The van der Waals surface area contributed by atoms with Gasteiger partial charge in [-0.25, -0.2) is 14.2 Å². The van der Waals surface area contributed by atoms with Crippen molar-refractivity contribution >= 4 is 39.6 Å². The van der Waals surface area contributed by atoms with Crippen molar-refractivity contribution in [3.63, 3.8) is 0 Å².